The van der Waals surface area contributed by atoms with Gasteiger partial charge in [-0.15, -0.1) is 10.2 Å². The van der Waals surface area contributed by atoms with Gasteiger partial charge in [0.1, 0.15) is 5.82 Å². The lowest BCUT2D eigenvalue weighted by molar-refractivity contribution is 0.102. The normalized spacial score (nSPS) is 13.8. The zero-order valence-electron chi connectivity index (χ0n) is 10.6. The summed E-state index contributed by atoms with van der Waals surface area (Å²) in [5.41, 5.74) is 1.02. The lowest BCUT2D eigenvalue weighted by Crippen LogP contribution is -2.15. The number of amides is 1. The summed E-state index contributed by atoms with van der Waals surface area (Å²) in [7, 11) is 0. The molecule has 1 amide bonds. The number of halogens is 1. The van der Waals surface area contributed by atoms with E-state index < -0.39 is 0 Å². The first-order valence-corrected chi connectivity index (χ1v) is 7.17. The molecule has 1 aliphatic carbocycles. The van der Waals surface area contributed by atoms with E-state index in [1.807, 2.05) is 24.3 Å². The standard InChI is InChI=1S/C14H13BrN4O/c15-9-1-3-11(4-2-9)17-14(20)12-7-8-13(19-18-12)16-10-5-6-10/h1-4,7-8,10H,5-6H2,(H,16,19)(H,17,20). The summed E-state index contributed by atoms with van der Waals surface area (Å²) in [4.78, 5) is 12.0. The quantitative estimate of drug-likeness (QED) is 0.902. The number of hydrogen-bond donors (Lipinski definition) is 2. The Morgan fingerprint density at radius 1 is 1.10 bits per heavy atom. The van der Waals surface area contributed by atoms with Crippen LogP contribution in [0.25, 0.3) is 0 Å². The lowest BCUT2D eigenvalue weighted by atomic mass is 10.3. The maximum atomic E-state index is 12.0. The van der Waals surface area contributed by atoms with Gasteiger partial charge < -0.3 is 10.6 Å². The van der Waals surface area contributed by atoms with Crippen LogP contribution >= 0.6 is 15.9 Å². The molecule has 1 aliphatic rings. The second-order valence-electron chi connectivity index (χ2n) is 4.68. The molecule has 102 valence electrons. The predicted octanol–water partition coefficient (Wildman–Crippen LogP) is 3.07. The van der Waals surface area contributed by atoms with E-state index in [0.29, 0.717) is 17.6 Å². The van der Waals surface area contributed by atoms with E-state index in [-0.39, 0.29) is 5.91 Å². The van der Waals surface area contributed by atoms with Gasteiger partial charge in [0.25, 0.3) is 5.91 Å². The third-order valence-electron chi connectivity index (χ3n) is 2.93. The Hall–Kier alpha value is -1.95. The van der Waals surface area contributed by atoms with Crippen molar-refractivity contribution in [1.82, 2.24) is 10.2 Å². The van der Waals surface area contributed by atoms with E-state index in [1.54, 1.807) is 12.1 Å². The van der Waals surface area contributed by atoms with Gasteiger partial charge in [0.05, 0.1) is 0 Å². The zero-order valence-corrected chi connectivity index (χ0v) is 12.2. The minimum absolute atomic E-state index is 0.266. The topological polar surface area (TPSA) is 66.9 Å². The highest BCUT2D eigenvalue weighted by molar-refractivity contribution is 9.10. The van der Waals surface area contributed by atoms with Gasteiger partial charge in [-0.1, -0.05) is 15.9 Å². The van der Waals surface area contributed by atoms with Crippen LogP contribution in [0, 0.1) is 0 Å². The van der Waals surface area contributed by atoms with E-state index in [0.717, 1.165) is 10.2 Å². The zero-order chi connectivity index (χ0) is 13.9. The molecule has 5 nitrogen and oxygen atoms in total. The molecular weight excluding hydrogens is 320 g/mol. The van der Waals surface area contributed by atoms with Gasteiger partial charge >= 0.3 is 0 Å². The van der Waals surface area contributed by atoms with Gasteiger partial charge in [-0.25, -0.2) is 0 Å². The molecule has 0 bridgehead atoms. The number of carbonyl (C=O) groups excluding carboxylic acids is 1. The van der Waals surface area contributed by atoms with Crippen molar-refractivity contribution < 1.29 is 4.79 Å². The van der Waals surface area contributed by atoms with E-state index in [4.69, 9.17) is 0 Å². The first kappa shape index (κ1) is 13.1. The molecule has 0 radical (unpaired) electrons. The third-order valence-corrected chi connectivity index (χ3v) is 3.46. The number of rotatable bonds is 4. The van der Waals surface area contributed by atoms with Crippen molar-refractivity contribution in [3.05, 3.63) is 46.6 Å². The third kappa shape index (κ3) is 3.33. The Balaban J connectivity index is 1.65. The summed E-state index contributed by atoms with van der Waals surface area (Å²) in [6.45, 7) is 0. The summed E-state index contributed by atoms with van der Waals surface area (Å²) in [5, 5.41) is 13.9. The molecule has 1 saturated carbocycles. The van der Waals surface area contributed by atoms with Gasteiger partial charge in [0.15, 0.2) is 5.69 Å². The van der Waals surface area contributed by atoms with E-state index in [9.17, 15) is 4.79 Å². The average Bonchev–Trinajstić information content (AvgIpc) is 3.26. The summed E-state index contributed by atoms with van der Waals surface area (Å²) in [5.74, 6) is 0.450. The van der Waals surface area contributed by atoms with Crippen molar-refractivity contribution in [3.63, 3.8) is 0 Å². The highest BCUT2D eigenvalue weighted by atomic mass is 79.9. The van der Waals surface area contributed by atoms with Crippen LogP contribution in [0.1, 0.15) is 23.3 Å². The van der Waals surface area contributed by atoms with Gasteiger partial charge in [-0.2, -0.15) is 0 Å². The fourth-order valence-electron chi connectivity index (χ4n) is 1.70. The molecule has 1 fully saturated rings. The van der Waals surface area contributed by atoms with Crippen LogP contribution in [-0.2, 0) is 0 Å². The second-order valence-corrected chi connectivity index (χ2v) is 5.60. The van der Waals surface area contributed by atoms with Crippen molar-refractivity contribution in [2.45, 2.75) is 18.9 Å². The Morgan fingerprint density at radius 2 is 1.85 bits per heavy atom. The number of carbonyl (C=O) groups is 1. The Kier molecular flexibility index (Phi) is 3.64. The fourth-order valence-corrected chi connectivity index (χ4v) is 1.96. The van der Waals surface area contributed by atoms with E-state index in [2.05, 4.69) is 36.8 Å². The molecule has 0 spiro atoms. The Labute approximate surface area is 124 Å². The smallest absolute Gasteiger partial charge is 0.276 e. The van der Waals surface area contributed by atoms with Crippen LogP contribution in [0.2, 0.25) is 0 Å². The molecule has 6 heteroatoms. The highest BCUT2D eigenvalue weighted by Crippen LogP contribution is 2.23. The lowest BCUT2D eigenvalue weighted by Gasteiger charge is -2.05. The molecule has 0 unspecified atom stereocenters. The number of nitrogens with zero attached hydrogens (tertiary/aromatic N) is 2. The molecule has 0 atom stereocenters. The first-order valence-electron chi connectivity index (χ1n) is 6.38. The summed E-state index contributed by atoms with van der Waals surface area (Å²) >= 11 is 3.35. The van der Waals surface area contributed by atoms with Crippen LogP contribution < -0.4 is 10.6 Å². The maximum absolute atomic E-state index is 12.0. The van der Waals surface area contributed by atoms with Gasteiger partial charge in [-0.3, -0.25) is 4.79 Å². The summed E-state index contributed by atoms with van der Waals surface area (Å²) in [6.07, 6.45) is 2.35. The summed E-state index contributed by atoms with van der Waals surface area (Å²) in [6, 6.07) is 11.3. The second kappa shape index (κ2) is 5.58. The SMILES string of the molecule is O=C(Nc1ccc(Br)cc1)c1ccc(NC2CC2)nn1. The minimum Gasteiger partial charge on any atom is -0.366 e. The van der Waals surface area contributed by atoms with Crippen LogP contribution in [0.15, 0.2) is 40.9 Å². The van der Waals surface area contributed by atoms with Crippen molar-refractivity contribution in [3.8, 4) is 0 Å². The first-order chi connectivity index (χ1) is 9.70. The summed E-state index contributed by atoms with van der Waals surface area (Å²) < 4.78 is 0.964. The highest BCUT2D eigenvalue weighted by Gasteiger charge is 2.21. The van der Waals surface area contributed by atoms with E-state index >= 15 is 0 Å². The molecule has 1 aromatic carbocycles. The number of hydrogen-bond acceptors (Lipinski definition) is 4. The van der Waals surface area contributed by atoms with Gasteiger partial charge in [-0.05, 0) is 49.2 Å². The van der Waals surface area contributed by atoms with Gasteiger partial charge in [0.2, 0.25) is 0 Å². The van der Waals surface area contributed by atoms with Crippen molar-refractivity contribution in [1.29, 1.82) is 0 Å². The molecule has 0 aliphatic heterocycles. The van der Waals surface area contributed by atoms with Crippen LogP contribution in [-0.4, -0.2) is 22.1 Å². The Morgan fingerprint density at radius 3 is 2.45 bits per heavy atom. The molecule has 2 aromatic rings. The minimum atomic E-state index is -0.266. The molecule has 3 rings (SSSR count). The molecule has 20 heavy (non-hydrogen) atoms. The predicted molar refractivity (Wildman–Crippen MR) is 80.8 cm³/mol. The number of benzene rings is 1. The van der Waals surface area contributed by atoms with Gasteiger partial charge in [0, 0.05) is 16.2 Å². The molecular formula is C14H13BrN4O. The monoisotopic (exact) mass is 332 g/mol. The van der Waals surface area contributed by atoms with Crippen molar-refractivity contribution in [2.75, 3.05) is 10.6 Å². The average molecular weight is 333 g/mol. The Bertz CT molecular complexity index is 608. The largest absolute Gasteiger partial charge is 0.366 e. The van der Waals surface area contributed by atoms with Crippen molar-refractivity contribution >= 4 is 33.3 Å². The van der Waals surface area contributed by atoms with Crippen LogP contribution in [0.4, 0.5) is 11.5 Å². The number of anilines is 2. The number of nitrogens with one attached hydrogen (secondary N) is 2. The molecule has 1 heterocycles. The fraction of sp³-hybridized carbons (Fsp3) is 0.214. The van der Waals surface area contributed by atoms with Crippen LogP contribution in [0.3, 0.4) is 0 Å². The maximum Gasteiger partial charge on any atom is 0.276 e. The molecule has 1 aromatic heterocycles. The van der Waals surface area contributed by atoms with E-state index in [1.165, 1.54) is 12.8 Å². The van der Waals surface area contributed by atoms with Crippen molar-refractivity contribution in [2.24, 2.45) is 0 Å². The molecule has 0 saturated heterocycles. The number of aromatic nitrogens is 2. The van der Waals surface area contributed by atoms with Crippen LogP contribution in [0.5, 0.6) is 0 Å². The molecule has 2 N–H and O–H groups in total.